The van der Waals surface area contributed by atoms with E-state index in [1.54, 1.807) is 0 Å². The number of hydrogen-bond acceptors (Lipinski definition) is 3. The van der Waals surface area contributed by atoms with Crippen molar-refractivity contribution in [2.24, 2.45) is 0 Å². The van der Waals surface area contributed by atoms with Gasteiger partial charge in [-0.2, -0.15) is 5.10 Å². The molecule has 1 aromatic heterocycles. The van der Waals surface area contributed by atoms with Crippen molar-refractivity contribution in [3.8, 4) is 5.69 Å². The molecule has 0 spiro atoms. The molecule has 0 unspecified atom stereocenters. The van der Waals surface area contributed by atoms with E-state index in [-0.39, 0.29) is 0 Å². The SMILES string of the molecule is Cc1nc(C)n(-c2ccc(N)c(C)c2)n1. The lowest BCUT2D eigenvalue weighted by atomic mass is 10.2. The van der Waals surface area contributed by atoms with Crippen molar-refractivity contribution in [2.75, 3.05) is 5.73 Å². The first kappa shape index (κ1) is 9.71. The molecule has 0 aliphatic carbocycles. The molecule has 0 aliphatic rings. The van der Waals surface area contributed by atoms with E-state index in [2.05, 4.69) is 10.1 Å². The molecule has 0 saturated carbocycles. The van der Waals surface area contributed by atoms with Gasteiger partial charge in [0.1, 0.15) is 11.6 Å². The number of nitrogens with zero attached hydrogens (tertiary/aromatic N) is 3. The second-order valence-corrected chi connectivity index (χ2v) is 3.66. The molecular formula is C11H14N4. The average molecular weight is 202 g/mol. The summed E-state index contributed by atoms with van der Waals surface area (Å²) < 4.78 is 1.82. The van der Waals surface area contributed by atoms with Crippen molar-refractivity contribution in [3.05, 3.63) is 35.4 Å². The van der Waals surface area contributed by atoms with Crippen LogP contribution in [0.25, 0.3) is 5.69 Å². The Morgan fingerprint density at radius 2 is 1.93 bits per heavy atom. The molecule has 4 heteroatoms. The number of rotatable bonds is 1. The van der Waals surface area contributed by atoms with E-state index < -0.39 is 0 Å². The zero-order valence-corrected chi connectivity index (χ0v) is 9.15. The van der Waals surface area contributed by atoms with Crippen LogP contribution in [0.4, 0.5) is 5.69 Å². The van der Waals surface area contributed by atoms with Crippen LogP contribution in [0.15, 0.2) is 18.2 Å². The number of aryl methyl sites for hydroxylation is 3. The maximum Gasteiger partial charge on any atom is 0.148 e. The number of nitrogen functional groups attached to an aromatic ring is 1. The van der Waals surface area contributed by atoms with E-state index >= 15 is 0 Å². The third-order valence-electron chi connectivity index (χ3n) is 2.37. The highest BCUT2D eigenvalue weighted by Gasteiger charge is 2.05. The van der Waals surface area contributed by atoms with Gasteiger partial charge in [0.15, 0.2) is 0 Å². The molecule has 1 aromatic carbocycles. The van der Waals surface area contributed by atoms with Crippen molar-refractivity contribution in [1.82, 2.24) is 14.8 Å². The van der Waals surface area contributed by atoms with Gasteiger partial charge in [0.05, 0.1) is 5.69 Å². The molecule has 4 nitrogen and oxygen atoms in total. The third kappa shape index (κ3) is 1.70. The highest BCUT2D eigenvalue weighted by atomic mass is 15.3. The Labute approximate surface area is 88.8 Å². The summed E-state index contributed by atoms with van der Waals surface area (Å²) in [4.78, 5) is 4.26. The molecule has 0 atom stereocenters. The smallest absolute Gasteiger partial charge is 0.148 e. The quantitative estimate of drug-likeness (QED) is 0.717. The molecule has 2 rings (SSSR count). The highest BCUT2D eigenvalue weighted by Crippen LogP contribution is 2.16. The van der Waals surface area contributed by atoms with E-state index in [4.69, 9.17) is 5.73 Å². The standard InChI is InChI=1S/C11H14N4/c1-7-6-10(4-5-11(7)12)15-9(3)13-8(2)14-15/h4-6H,12H2,1-3H3. The van der Waals surface area contributed by atoms with Gasteiger partial charge < -0.3 is 5.73 Å². The topological polar surface area (TPSA) is 56.7 Å². The Kier molecular flexibility index (Phi) is 2.19. The highest BCUT2D eigenvalue weighted by molar-refractivity contribution is 5.51. The summed E-state index contributed by atoms with van der Waals surface area (Å²) >= 11 is 0. The van der Waals surface area contributed by atoms with Crippen LogP contribution in [0.1, 0.15) is 17.2 Å². The monoisotopic (exact) mass is 202 g/mol. The summed E-state index contributed by atoms with van der Waals surface area (Å²) in [5, 5.41) is 4.32. The summed E-state index contributed by atoms with van der Waals surface area (Å²) in [5.74, 6) is 1.67. The number of hydrogen-bond donors (Lipinski definition) is 1. The van der Waals surface area contributed by atoms with Gasteiger partial charge in [-0.15, -0.1) is 0 Å². The Balaban J connectivity index is 2.54. The zero-order chi connectivity index (χ0) is 11.0. The number of nitrogens with two attached hydrogens (primary N) is 1. The molecule has 0 radical (unpaired) electrons. The predicted molar refractivity (Wildman–Crippen MR) is 60.0 cm³/mol. The van der Waals surface area contributed by atoms with Crippen molar-refractivity contribution >= 4 is 5.69 Å². The normalized spacial score (nSPS) is 10.6. The predicted octanol–water partition coefficient (Wildman–Crippen LogP) is 1.77. The lowest BCUT2D eigenvalue weighted by Gasteiger charge is -2.05. The lowest BCUT2D eigenvalue weighted by molar-refractivity contribution is 0.830. The largest absolute Gasteiger partial charge is 0.399 e. The maximum atomic E-state index is 5.76. The van der Waals surface area contributed by atoms with Gasteiger partial charge in [0, 0.05) is 5.69 Å². The van der Waals surface area contributed by atoms with Crippen LogP contribution < -0.4 is 5.73 Å². The Morgan fingerprint density at radius 3 is 2.47 bits per heavy atom. The fourth-order valence-corrected chi connectivity index (χ4v) is 1.56. The number of aromatic nitrogens is 3. The molecule has 0 saturated heterocycles. The molecule has 2 aromatic rings. The van der Waals surface area contributed by atoms with Crippen LogP contribution in [-0.4, -0.2) is 14.8 Å². The van der Waals surface area contributed by atoms with E-state index in [0.29, 0.717) is 0 Å². The van der Waals surface area contributed by atoms with Gasteiger partial charge >= 0.3 is 0 Å². The molecule has 0 bridgehead atoms. The average Bonchev–Trinajstić information content (AvgIpc) is 2.50. The first-order chi connectivity index (χ1) is 7.08. The summed E-state index contributed by atoms with van der Waals surface area (Å²) in [6.45, 7) is 5.80. The molecule has 15 heavy (non-hydrogen) atoms. The number of benzene rings is 1. The molecule has 2 N–H and O–H groups in total. The van der Waals surface area contributed by atoms with Crippen molar-refractivity contribution in [3.63, 3.8) is 0 Å². The van der Waals surface area contributed by atoms with Gasteiger partial charge in [0.2, 0.25) is 0 Å². The van der Waals surface area contributed by atoms with Crippen molar-refractivity contribution < 1.29 is 0 Å². The minimum absolute atomic E-state index is 0.780. The van der Waals surface area contributed by atoms with Gasteiger partial charge in [-0.25, -0.2) is 9.67 Å². The van der Waals surface area contributed by atoms with Crippen molar-refractivity contribution in [1.29, 1.82) is 0 Å². The summed E-state index contributed by atoms with van der Waals surface area (Å²) in [6.07, 6.45) is 0. The molecule has 0 amide bonds. The number of anilines is 1. The van der Waals surface area contributed by atoms with Gasteiger partial charge in [-0.05, 0) is 44.5 Å². The third-order valence-corrected chi connectivity index (χ3v) is 2.37. The molecule has 1 heterocycles. The first-order valence-corrected chi connectivity index (χ1v) is 4.84. The Morgan fingerprint density at radius 1 is 1.20 bits per heavy atom. The minimum Gasteiger partial charge on any atom is -0.399 e. The molecular weight excluding hydrogens is 188 g/mol. The van der Waals surface area contributed by atoms with E-state index in [0.717, 1.165) is 28.6 Å². The van der Waals surface area contributed by atoms with Crippen LogP contribution in [-0.2, 0) is 0 Å². The molecule has 78 valence electrons. The van der Waals surface area contributed by atoms with Gasteiger partial charge in [-0.1, -0.05) is 0 Å². The van der Waals surface area contributed by atoms with Crippen molar-refractivity contribution in [2.45, 2.75) is 20.8 Å². The first-order valence-electron chi connectivity index (χ1n) is 4.84. The minimum atomic E-state index is 0.780. The second kappa shape index (κ2) is 3.38. The summed E-state index contributed by atoms with van der Waals surface area (Å²) in [6, 6.07) is 5.85. The van der Waals surface area contributed by atoms with Crippen LogP contribution in [0.5, 0.6) is 0 Å². The second-order valence-electron chi connectivity index (χ2n) is 3.66. The Hall–Kier alpha value is -1.84. The van der Waals surface area contributed by atoms with E-state index in [9.17, 15) is 0 Å². The van der Waals surface area contributed by atoms with E-state index in [1.165, 1.54) is 0 Å². The van der Waals surface area contributed by atoms with E-state index in [1.807, 2.05) is 43.7 Å². The summed E-state index contributed by atoms with van der Waals surface area (Å²) in [5.41, 5.74) is 8.62. The van der Waals surface area contributed by atoms with Gasteiger partial charge in [0.25, 0.3) is 0 Å². The van der Waals surface area contributed by atoms with Crippen LogP contribution in [0, 0.1) is 20.8 Å². The fourth-order valence-electron chi connectivity index (χ4n) is 1.56. The summed E-state index contributed by atoms with van der Waals surface area (Å²) in [7, 11) is 0. The fraction of sp³-hybridized carbons (Fsp3) is 0.273. The lowest BCUT2D eigenvalue weighted by Crippen LogP contribution is -2.00. The molecule has 0 fully saturated rings. The zero-order valence-electron chi connectivity index (χ0n) is 9.15. The van der Waals surface area contributed by atoms with Crippen LogP contribution >= 0.6 is 0 Å². The van der Waals surface area contributed by atoms with Crippen LogP contribution in [0.3, 0.4) is 0 Å². The van der Waals surface area contributed by atoms with Crippen LogP contribution in [0.2, 0.25) is 0 Å². The van der Waals surface area contributed by atoms with Gasteiger partial charge in [-0.3, -0.25) is 0 Å². The molecule has 0 aliphatic heterocycles. The maximum absolute atomic E-state index is 5.76. The Bertz CT molecular complexity index is 499.